The molecular weight excluding hydrogens is 258 g/mol. The van der Waals surface area contributed by atoms with E-state index < -0.39 is 11.6 Å². The number of nitrogens with zero attached hydrogens (tertiary/aromatic N) is 3. The van der Waals surface area contributed by atoms with Crippen LogP contribution in [0.2, 0.25) is 0 Å². The standard InChI is InChI=1S/C14H23N3O3/c1-4-14(2,17-7-9-20-10-8-17)12(18)11-13(19-3)16-6-5-15-11/h5-6,12,18H,4,7-10H2,1-3H3. The van der Waals surface area contributed by atoms with Crippen LogP contribution in [0, 0.1) is 0 Å². The van der Waals surface area contributed by atoms with Crippen LogP contribution in [0.15, 0.2) is 12.4 Å². The van der Waals surface area contributed by atoms with E-state index in [4.69, 9.17) is 9.47 Å². The maximum absolute atomic E-state index is 10.8. The highest BCUT2D eigenvalue weighted by Crippen LogP contribution is 2.36. The van der Waals surface area contributed by atoms with Crippen LogP contribution in [-0.4, -0.2) is 58.9 Å². The lowest BCUT2D eigenvalue weighted by Gasteiger charge is -2.45. The van der Waals surface area contributed by atoms with Gasteiger partial charge < -0.3 is 14.6 Å². The topological polar surface area (TPSA) is 67.7 Å². The second-order valence-electron chi connectivity index (χ2n) is 5.16. The monoisotopic (exact) mass is 281 g/mol. The number of hydrogen-bond donors (Lipinski definition) is 1. The molecule has 1 aromatic rings. The predicted molar refractivity (Wildman–Crippen MR) is 74.6 cm³/mol. The van der Waals surface area contributed by atoms with Crippen molar-refractivity contribution in [3.05, 3.63) is 18.1 Å². The summed E-state index contributed by atoms with van der Waals surface area (Å²) >= 11 is 0. The third-order valence-corrected chi connectivity index (χ3v) is 4.18. The fraction of sp³-hybridized carbons (Fsp3) is 0.714. The molecule has 6 nitrogen and oxygen atoms in total. The highest BCUT2D eigenvalue weighted by atomic mass is 16.5. The lowest BCUT2D eigenvalue weighted by atomic mass is 9.87. The third kappa shape index (κ3) is 2.77. The largest absolute Gasteiger partial charge is 0.480 e. The van der Waals surface area contributed by atoms with Gasteiger partial charge in [0, 0.05) is 31.0 Å². The summed E-state index contributed by atoms with van der Waals surface area (Å²) in [4.78, 5) is 10.6. The van der Waals surface area contributed by atoms with Gasteiger partial charge >= 0.3 is 0 Å². The van der Waals surface area contributed by atoms with Gasteiger partial charge in [0.25, 0.3) is 0 Å². The third-order valence-electron chi connectivity index (χ3n) is 4.18. The van der Waals surface area contributed by atoms with Crippen molar-refractivity contribution in [2.45, 2.75) is 31.9 Å². The number of morpholine rings is 1. The van der Waals surface area contributed by atoms with Crippen LogP contribution in [0.3, 0.4) is 0 Å². The average molecular weight is 281 g/mol. The summed E-state index contributed by atoms with van der Waals surface area (Å²) in [5, 5.41) is 10.8. The van der Waals surface area contributed by atoms with Gasteiger partial charge in [-0.2, -0.15) is 0 Å². The van der Waals surface area contributed by atoms with Crippen molar-refractivity contribution in [2.24, 2.45) is 0 Å². The molecule has 2 heterocycles. The Bertz CT molecular complexity index is 437. The summed E-state index contributed by atoms with van der Waals surface area (Å²) in [5.41, 5.74) is 0.0819. The molecule has 0 aromatic carbocycles. The summed E-state index contributed by atoms with van der Waals surface area (Å²) < 4.78 is 10.6. The minimum absolute atomic E-state index is 0.382. The molecule has 0 aliphatic carbocycles. The van der Waals surface area contributed by atoms with E-state index in [9.17, 15) is 5.11 Å². The van der Waals surface area contributed by atoms with Gasteiger partial charge in [-0.15, -0.1) is 0 Å². The van der Waals surface area contributed by atoms with E-state index in [2.05, 4.69) is 28.7 Å². The Kier molecular flexibility index (Phi) is 4.91. The van der Waals surface area contributed by atoms with Crippen molar-refractivity contribution in [1.29, 1.82) is 0 Å². The number of ether oxygens (including phenoxy) is 2. The van der Waals surface area contributed by atoms with Crippen LogP contribution in [0.25, 0.3) is 0 Å². The van der Waals surface area contributed by atoms with Gasteiger partial charge in [-0.05, 0) is 13.3 Å². The zero-order valence-electron chi connectivity index (χ0n) is 12.4. The summed E-state index contributed by atoms with van der Waals surface area (Å²) in [6.07, 6.45) is 3.19. The van der Waals surface area contributed by atoms with Gasteiger partial charge in [0.15, 0.2) is 0 Å². The van der Waals surface area contributed by atoms with Crippen molar-refractivity contribution in [1.82, 2.24) is 14.9 Å². The molecule has 1 saturated heterocycles. The highest BCUT2D eigenvalue weighted by Gasteiger charge is 2.41. The second kappa shape index (κ2) is 6.47. The lowest BCUT2D eigenvalue weighted by Crippen LogP contribution is -2.54. The first kappa shape index (κ1) is 15.2. The molecule has 0 spiro atoms. The predicted octanol–water partition coefficient (Wildman–Crippen LogP) is 1.02. The Morgan fingerprint density at radius 3 is 2.65 bits per heavy atom. The van der Waals surface area contributed by atoms with Gasteiger partial charge in [-0.1, -0.05) is 6.92 Å². The van der Waals surface area contributed by atoms with E-state index in [-0.39, 0.29) is 0 Å². The van der Waals surface area contributed by atoms with Crippen LogP contribution in [0.5, 0.6) is 5.88 Å². The van der Waals surface area contributed by atoms with Crippen molar-refractivity contribution < 1.29 is 14.6 Å². The molecule has 2 unspecified atom stereocenters. The highest BCUT2D eigenvalue weighted by molar-refractivity contribution is 5.23. The van der Waals surface area contributed by atoms with Crippen molar-refractivity contribution in [3.8, 4) is 5.88 Å². The first-order valence-electron chi connectivity index (χ1n) is 6.99. The number of aromatic nitrogens is 2. The number of hydrogen-bond acceptors (Lipinski definition) is 6. The van der Waals surface area contributed by atoms with Gasteiger partial charge in [0.05, 0.1) is 20.3 Å². The Morgan fingerprint density at radius 2 is 2.05 bits per heavy atom. The molecule has 0 radical (unpaired) electrons. The van der Waals surface area contributed by atoms with Crippen molar-refractivity contribution in [2.75, 3.05) is 33.4 Å². The molecule has 2 atom stereocenters. The zero-order valence-corrected chi connectivity index (χ0v) is 12.4. The summed E-state index contributed by atoms with van der Waals surface area (Å²) in [6, 6.07) is 0. The average Bonchev–Trinajstić information content (AvgIpc) is 2.54. The minimum atomic E-state index is -0.755. The molecule has 0 amide bonds. The smallest absolute Gasteiger partial charge is 0.238 e. The molecule has 112 valence electrons. The molecule has 1 aromatic heterocycles. The molecule has 0 bridgehead atoms. The maximum atomic E-state index is 10.8. The van der Waals surface area contributed by atoms with Crippen molar-refractivity contribution in [3.63, 3.8) is 0 Å². The molecule has 6 heteroatoms. The number of methoxy groups -OCH3 is 1. The second-order valence-corrected chi connectivity index (χ2v) is 5.16. The quantitative estimate of drug-likeness (QED) is 0.869. The fourth-order valence-corrected chi connectivity index (χ4v) is 2.64. The van der Waals surface area contributed by atoms with Crippen LogP contribution >= 0.6 is 0 Å². The normalized spacial score (nSPS) is 21.2. The minimum Gasteiger partial charge on any atom is -0.480 e. The van der Waals surface area contributed by atoms with E-state index in [1.165, 1.54) is 7.11 Å². The number of rotatable bonds is 5. The van der Waals surface area contributed by atoms with Gasteiger partial charge in [-0.25, -0.2) is 4.98 Å². The molecule has 0 saturated carbocycles. The summed E-state index contributed by atoms with van der Waals surface area (Å²) in [7, 11) is 1.54. The number of aliphatic hydroxyl groups is 1. The molecular formula is C14H23N3O3. The van der Waals surface area contributed by atoms with Gasteiger partial charge in [0.1, 0.15) is 11.8 Å². The van der Waals surface area contributed by atoms with Crippen LogP contribution in [-0.2, 0) is 4.74 Å². The van der Waals surface area contributed by atoms with Gasteiger partial charge in [0.2, 0.25) is 5.88 Å². The lowest BCUT2D eigenvalue weighted by molar-refractivity contribution is -0.0753. The van der Waals surface area contributed by atoms with Gasteiger partial charge in [-0.3, -0.25) is 9.88 Å². The fourth-order valence-electron chi connectivity index (χ4n) is 2.64. The summed E-state index contributed by atoms with van der Waals surface area (Å²) in [6.45, 7) is 7.13. The van der Waals surface area contributed by atoms with E-state index in [1.807, 2.05) is 0 Å². The maximum Gasteiger partial charge on any atom is 0.238 e. The first-order valence-corrected chi connectivity index (χ1v) is 6.99. The van der Waals surface area contributed by atoms with Crippen molar-refractivity contribution >= 4 is 0 Å². The van der Waals surface area contributed by atoms with Crippen LogP contribution in [0.4, 0.5) is 0 Å². The number of aliphatic hydroxyl groups excluding tert-OH is 1. The Morgan fingerprint density at radius 1 is 1.40 bits per heavy atom. The first-order chi connectivity index (χ1) is 9.63. The summed E-state index contributed by atoms with van der Waals surface area (Å²) in [5.74, 6) is 0.382. The molecule has 1 N–H and O–H groups in total. The molecule has 20 heavy (non-hydrogen) atoms. The van der Waals surface area contributed by atoms with Crippen LogP contribution in [0.1, 0.15) is 32.1 Å². The molecule has 1 aliphatic rings. The van der Waals surface area contributed by atoms with E-state index >= 15 is 0 Å². The SMILES string of the molecule is CCC(C)(C(O)c1nccnc1OC)N1CCOCC1. The molecule has 1 aliphatic heterocycles. The van der Waals surface area contributed by atoms with E-state index in [0.717, 1.165) is 19.5 Å². The van der Waals surface area contributed by atoms with Crippen LogP contribution < -0.4 is 4.74 Å². The van der Waals surface area contributed by atoms with E-state index in [1.54, 1.807) is 12.4 Å². The zero-order chi connectivity index (χ0) is 14.6. The molecule has 1 fully saturated rings. The van der Waals surface area contributed by atoms with E-state index in [0.29, 0.717) is 24.8 Å². The molecule has 2 rings (SSSR count). The Labute approximate surface area is 119 Å². The Balaban J connectivity index is 2.29. The Hall–Kier alpha value is -1.24.